The van der Waals surface area contributed by atoms with Gasteiger partial charge in [0.15, 0.2) is 0 Å². The van der Waals surface area contributed by atoms with Crippen LogP contribution in [-0.2, 0) is 18.4 Å². The molecule has 0 aliphatic heterocycles. The van der Waals surface area contributed by atoms with E-state index in [9.17, 15) is 19.4 Å². The number of likely N-dealkylation sites (N-methyl/N-ethyl adjacent to an activating group) is 1. The molecule has 0 aromatic carbocycles. The minimum atomic E-state index is -4.61. The summed E-state index contributed by atoms with van der Waals surface area (Å²) < 4.78 is 23.4. The number of phosphoric acid groups is 1. The average molecular weight is 1120 g/mol. The molecule has 9 heteroatoms. The number of aliphatic hydroxyl groups is 1. The van der Waals surface area contributed by atoms with Gasteiger partial charge in [-0.3, -0.25) is 9.36 Å². The average Bonchev–Trinajstić information content (AvgIpc) is 3.41. The summed E-state index contributed by atoms with van der Waals surface area (Å²) in [6.07, 6.45) is 79.8. The number of amides is 1. The number of phosphoric ester groups is 1. The van der Waals surface area contributed by atoms with Crippen LogP contribution in [0.2, 0.25) is 0 Å². The van der Waals surface area contributed by atoms with Crippen molar-refractivity contribution < 1.29 is 32.9 Å². The van der Waals surface area contributed by atoms with Crippen molar-refractivity contribution in [2.24, 2.45) is 0 Å². The Morgan fingerprint density at radius 2 is 0.718 bits per heavy atom. The molecule has 0 heterocycles. The number of hydrogen-bond donors (Lipinski definition) is 2. The minimum Gasteiger partial charge on any atom is -0.756 e. The van der Waals surface area contributed by atoms with E-state index in [0.29, 0.717) is 17.4 Å². The highest BCUT2D eigenvalue weighted by Crippen LogP contribution is 2.38. The second kappa shape index (κ2) is 60.3. The lowest BCUT2D eigenvalue weighted by molar-refractivity contribution is -0.870. The Balaban J connectivity index is 4.10. The first-order valence-electron chi connectivity index (χ1n) is 34.4. The molecule has 1 amide bonds. The van der Waals surface area contributed by atoms with Crippen LogP contribution < -0.4 is 10.2 Å². The highest BCUT2D eigenvalue weighted by atomic mass is 31.2. The SMILES string of the molecule is CCCCCCCCCC/C=C\CCCCCCCCCCCCCCCC(=O)NC(COP(=O)([O-])OCC[N+](C)(C)C)C(O)/C=C/CC/C=C/CCCCCCCCCCCCCCCCCCCCCCCCCCC. The number of carbonyl (C=O) groups is 1. The second-order valence-electron chi connectivity index (χ2n) is 24.9. The maximum atomic E-state index is 13.0. The second-order valence-corrected chi connectivity index (χ2v) is 26.3. The first kappa shape index (κ1) is 76.7. The van der Waals surface area contributed by atoms with Crippen molar-refractivity contribution in [3.63, 3.8) is 0 Å². The topological polar surface area (TPSA) is 108 Å². The third kappa shape index (κ3) is 62.3. The van der Waals surface area contributed by atoms with Crippen molar-refractivity contribution in [1.29, 1.82) is 0 Å². The Morgan fingerprint density at radius 3 is 1.04 bits per heavy atom. The van der Waals surface area contributed by atoms with Gasteiger partial charge in [-0.2, -0.15) is 0 Å². The molecular weight excluding hydrogens is 984 g/mol. The quantitative estimate of drug-likeness (QED) is 0.0272. The molecule has 3 unspecified atom stereocenters. The molecule has 0 saturated heterocycles. The fraction of sp³-hybridized carbons (Fsp3) is 0.899. The van der Waals surface area contributed by atoms with Crippen LogP contribution in [0, 0.1) is 0 Å². The first-order chi connectivity index (χ1) is 38.0. The van der Waals surface area contributed by atoms with Crippen LogP contribution in [0.1, 0.15) is 348 Å². The lowest BCUT2D eigenvalue weighted by Gasteiger charge is -2.29. The zero-order valence-electron chi connectivity index (χ0n) is 52.9. The fourth-order valence-electron chi connectivity index (χ4n) is 10.5. The Labute approximate surface area is 487 Å². The van der Waals surface area contributed by atoms with Gasteiger partial charge in [0.1, 0.15) is 13.2 Å². The molecule has 0 aliphatic rings. The number of nitrogens with zero attached hydrogens (tertiary/aromatic N) is 1. The van der Waals surface area contributed by atoms with Crippen molar-refractivity contribution in [2.75, 3.05) is 40.9 Å². The maximum absolute atomic E-state index is 13.0. The summed E-state index contributed by atoms with van der Waals surface area (Å²) in [5, 5.41) is 13.9. The highest BCUT2D eigenvalue weighted by Gasteiger charge is 2.23. The van der Waals surface area contributed by atoms with Crippen molar-refractivity contribution in [1.82, 2.24) is 5.32 Å². The van der Waals surface area contributed by atoms with Crippen molar-refractivity contribution in [3.05, 3.63) is 36.5 Å². The Hall–Kier alpha value is -1.28. The van der Waals surface area contributed by atoms with Gasteiger partial charge in [-0.05, 0) is 57.8 Å². The number of rotatable bonds is 64. The number of carbonyl (C=O) groups excluding carboxylic acids is 1. The summed E-state index contributed by atoms with van der Waals surface area (Å²) in [5.41, 5.74) is 0. The standard InChI is InChI=1S/C69H135N2O6P/c1-6-8-10-12-14-16-18-20-22-24-26-28-30-32-33-34-35-36-37-39-40-42-44-46-48-50-52-54-56-58-60-62-68(72)67(66-77-78(74,75)76-65-64-71(3,4)5)70-69(73)63-61-59-57-55-53-51-49-47-45-43-41-38-31-29-27-25-23-21-19-17-15-13-11-9-7-2/h25,27,52,54,60,62,67-68,72H,6-24,26,28-51,53,55-59,61,63-66H2,1-5H3,(H-,70,73,74,75)/b27-25-,54-52+,62-60+. The van der Waals surface area contributed by atoms with Gasteiger partial charge in [0.25, 0.3) is 7.82 Å². The van der Waals surface area contributed by atoms with Crippen LogP contribution in [0.5, 0.6) is 0 Å². The van der Waals surface area contributed by atoms with Crippen LogP contribution in [0.3, 0.4) is 0 Å². The Morgan fingerprint density at radius 1 is 0.436 bits per heavy atom. The van der Waals surface area contributed by atoms with Crippen LogP contribution in [0.15, 0.2) is 36.5 Å². The van der Waals surface area contributed by atoms with E-state index in [0.717, 1.165) is 38.5 Å². The molecule has 0 aromatic heterocycles. The molecule has 78 heavy (non-hydrogen) atoms. The smallest absolute Gasteiger partial charge is 0.268 e. The van der Waals surface area contributed by atoms with Gasteiger partial charge in [0.05, 0.1) is 39.9 Å². The lowest BCUT2D eigenvalue weighted by atomic mass is 10.0. The van der Waals surface area contributed by atoms with Crippen molar-refractivity contribution >= 4 is 13.7 Å². The largest absolute Gasteiger partial charge is 0.756 e. The molecule has 8 nitrogen and oxygen atoms in total. The van der Waals surface area contributed by atoms with E-state index in [1.807, 2.05) is 27.2 Å². The predicted molar refractivity (Wildman–Crippen MR) is 339 cm³/mol. The molecule has 0 bridgehead atoms. The number of unbranched alkanes of at least 4 members (excludes halogenated alkanes) is 47. The number of hydrogen-bond acceptors (Lipinski definition) is 6. The lowest BCUT2D eigenvalue weighted by Crippen LogP contribution is -2.45. The van der Waals surface area contributed by atoms with E-state index in [1.165, 1.54) is 289 Å². The fourth-order valence-corrected chi connectivity index (χ4v) is 11.2. The van der Waals surface area contributed by atoms with E-state index < -0.39 is 20.0 Å². The molecule has 0 aliphatic carbocycles. The summed E-state index contributed by atoms with van der Waals surface area (Å²) >= 11 is 0. The molecule has 0 spiro atoms. The van der Waals surface area contributed by atoms with Gasteiger partial charge in [0.2, 0.25) is 5.91 Å². The van der Waals surface area contributed by atoms with Gasteiger partial charge < -0.3 is 28.8 Å². The number of quaternary nitrogens is 1. The van der Waals surface area contributed by atoms with E-state index >= 15 is 0 Å². The van der Waals surface area contributed by atoms with Crippen molar-refractivity contribution in [3.8, 4) is 0 Å². The van der Waals surface area contributed by atoms with E-state index in [4.69, 9.17) is 9.05 Å². The van der Waals surface area contributed by atoms with E-state index in [2.05, 4.69) is 43.5 Å². The Bertz CT molecular complexity index is 1360. The number of allylic oxidation sites excluding steroid dienone is 5. The van der Waals surface area contributed by atoms with Gasteiger partial charge >= 0.3 is 0 Å². The third-order valence-electron chi connectivity index (χ3n) is 15.8. The van der Waals surface area contributed by atoms with Crippen LogP contribution in [0.25, 0.3) is 0 Å². The molecule has 0 fully saturated rings. The summed E-state index contributed by atoms with van der Waals surface area (Å²) in [6.45, 7) is 4.68. The molecule has 3 atom stereocenters. The first-order valence-corrected chi connectivity index (χ1v) is 35.8. The molecular formula is C69H135N2O6P. The van der Waals surface area contributed by atoms with E-state index in [-0.39, 0.29) is 19.1 Å². The number of nitrogens with one attached hydrogen (secondary N) is 1. The minimum absolute atomic E-state index is 0.00509. The summed E-state index contributed by atoms with van der Waals surface area (Å²) in [5.74, 6) is -0.202. The highest BCUT2D eigenvalue weighted by molar-refractivity contribution is 7.45. The zero-order valence-corrected chi connectivity index (χ0v) is 53.8. The predicted octanol–water partition coefficient (Wildman–Crippen LogP) is 21.0. The molecule has 0 aromatic rings. The van der Waals surface area contributed by atoms with Crippen LogP contribution in [0.4, 0.5) is 0 Å². The molecule has 0 rings (SSSR count). The van der Waals surface area contributed by atoms with E-state index in [1.54, 1.807) is 6.08 Å². The molecule has 0 saturated carbocycles. The van der Waals surface area contributed by atoms with Gasteiger partial charge in [-0.1, -0.05) is 320 Å². The summed E-state index contributed by atoms with van der Waals surface area (Å²) in [4.78, 5) is 25.6. The normalized spacial score (nSPS) is 13.9. The van der Waals surface area contributed by atoms with Crippen LogP contribution >= 0.6 is 7.82 Å². The van der Waals surface area contributed by atoms with Gasteiger partial charge in [-0.25, -0.2) is 0 Å². The molecule has 0 radical (unpaired) electrons. The monoisotopic (exact) mass is 1120 g/mol. The third-order valence-corrected chi connectivity index (χ3v) is 16.8. The Kier molecular flexibility index (Phi) is 59.3. The van der Waals surface area contributed by atoms with Gasteiger partial charge in [-0.15, -0.1) is 0 Å². The number of aliphatic hydroxyl groups excluding tert-OH is 1. The maximum Gasteiger partial charge on any atom is 0.268 e. The van der Waals surface area contributed by atoms with Crippen LogP contribution in [-0.4, -0.2) is 68.5 Å². The van der Waals surface area contributed by atoms with Crippen molar-refractivity contribution in [2.45, 2.75) is 360 Å². The summed E-state index contributed by atoms with van der Waals surface area (Å²) in [7, 11) is 1.26. The molecule has 2 N–H and O–H groups in total. The zero-order chi connectivity index (χ0) is 57.0. The summed E-state index contributed by atoms with van der Waals surface area (Å²) in [6, 6.07) is -0.904. The van der Waals surface area contributed by atoms with Gasteiger partial charge in [0, 0.05) is 6.42 Å². The molecule has 462 valence electrons.